The van der Waals surface area contributed by atoms with Gasteiger partial charge in [-0.05, 0) is 35.9 Å². The molecule has 24 heavy (non-hydrogen) atoms. The van der Waals surface area contributed by atoms with Crippen molar-refractivity contribution >= 4 is 52.1 Å². The van der Waals surface area contributed by atoms with Crippen molar-refractivity contribution in [3.63, 3.8) is 0 Å². The van der Waals surface area contributed by atoms with Gasteiger partial charge in [0.2, 0.25) is 0 Å². The summed E-state index contributed by atoms with van der Waals surface area (Å²) in [5.74, 6) is 0.634. The molecule has 1 aliphatic rings. The highest BCUT2D eigenvalue weighted by Crippen LogP contribution is 2.36. The molecule has 6 heteroatoms. The van der Waals surface area contributed by atoms with Crippen LogP contribution in [-0.4, -0.2) is 37.0 Å². The maximum Gasteiger partial charge on any atom is 0.0670 e. The molecule has 0 N–H and O–H groups in total. The average molecular weight is 404 g/mol. The van der Waals surface area contributed by atoms with Gasteiger partial charge in [-0.15, -0.1) is 11.6 Å². The van der Waals surface area contributed by atoms with E-state index in [-0.39, 0.29) is 6.04 Å². The zero-order chi connectivity index (χ0) is 17.1. The van der Waals surface area contributed by atoms with Crippen LogP contribution in [0.3, 0.4) is 0 Å². The summed E-state index contributed by atoms with van der Waals surface area (Å²) >= 11 is 24.5. The molecule has 0 radical (unpaired) electrons. The van der Waals surface area contributed by atoms with Gasteiger partial charge >= 0.3 is 0 Å². The number of rotatable bonds is 4. The molecule has 0 spiro atoms. The van der Waals surface area contributed by atoms with Crippen molar-refractivity contribution in [1.29, 1.82) is 0 Å². The van der Waals surface area contributed by atoms with E-state index >= 15 is 0 Å². The Morgan fingerprint density at radius 3 is 2.29 bits per heavy atom. The second kappa shape index (κ2) is 8.16. The summed E-state index contributed by atoms with van der Waals surface area (Å²) in [7, 11) is 0. The molecular weight excluding hydrogens is 386 g/mol. The Bertz CT molecular complexity index is 690. The zero-order valence-electron chi connectivity index (χ0n) is 13.1. The number of piperazine rings is 1. The fourth-order valence-corrected chi connectivity index (χ4v) is 4.02. The third-order valence-corrected chi connectivity index (χ3v) is 5.30. The van der Waals surface area contributed by atoms with E-state index < -0.39 is 0 Å². The summed E-state index contributed by atoms with van der Waals surface area (Å²) in [6.45, 7) is 3.61. The van der Waals surface area contributed by atoms with Gasteiger partial charge in [-0.25, -0.2) is 0 Å². The van der Waals surface area contributed by atoms with Gasteiger partial charge in [0.25, 0.3) is 0 Å². The molecule has 3 rings (SSSR count). The molecule has 128 valence electrons. The van der Waals surface area contributed by atoms with E-state index in [1.54, 1.807) is 6.07 Å². The van der Waals surface area contributed by atoms with Crippen molar-refractivity contribution in [3.8, 4) is 0 Å². The van der Waals surface area contributed by atoms with Gasteiger partial charge in [-0.1, -0.05) is 46.9 Å². The fraction of sp³-hybridized carbons (Fsp3) is 0.333. The molecule has 1 heterocycles. The SMILES string of the molecule is ClCCN1CCN(c2ccc(Cl)cc2Cl)[C@H](c2ccc(Cl)cc2)C1. The van der Waals surface area contributed by atoms with Gasteiger partial charge < -0.3 is 4.90 Å². The minimum Gasteiger partial charge on any atom is -0.361 e. The first-order chi connectivity index (χ1) is 11.6. The number of hydrogen-bond donors (Lipinski definition) is 0. The van der Waals surface area contributed by atoms with Gasteiger partial charge in [0.05, 0.1) is 16.8 Å². The normalized spacial score (nSPS) is 18.8. The second-order valence-corrected chi connectivity index (χ2v) is 7.50. The minimum atomic E-state index is 0.193. The average Bonchev–Trinajstić information content (AvgIpc) is 2.56. The topological polar surface area (TPSA) is 6.48 Å². The number of anilines is 1. The van der Waals surface area contributed by atoms with Crippen LogP contribution in [-0.2, 0) is 0 Å². The number of hydrogen-bond acceptors (Lipinski definition) is 2. The van der Waals surface area contributed by atoms with Crippen molar-refractivity contribution in [2.24, 2.45) is 0 Å². The van der Waals surface area contributed by atoms with Crippen molar-refractivity contribution in [1.82, 2.24) is 4.90 Å². The maximum absolute atomic E-state index is 6.46. The molecule has 0 unspecified atom stereocenters. The molecule has 1 aliphatic heterocycles. The van der Waals surface area contributed by atoms with Gasteiger partial charge in [0, 0.05) is 42.1 Å². The van der Waals surface area contributed by atoms with E-state index in [4.69, 9.17) is 46.4 Å². The third kappa shape index (κ3) is 4.12. The van der Waals surface area contributed by atoms with Crippen LogP contribution < -0.4 is 4.90 Å². The number of benzene rings is 2. The maximum atomic E-state index is 6.46. The van der Waals surface area contributed by atoms with E-state index in [1.807, 2.05) is 24.3 Å². The molecule has 1 fully saturated rings. The Balaban J connectivity index is 1.94. The van der Waals surface area contributed by atoms with Crippen molar-refractivity contribution in [2.45, 2.75) is 6.04 Å². The van der Waals surface area contributed by atoms with Crippen LogP contribution in [0.1, 0.15) is 11.6 Å². The van der Waals surface area contributed by atoms with Crippen LogP contribution in [0.15, 0.2) is 42.5 Å². The van der Waals surface area contributed by atoms with Crippen LogP contribution in [0.4, 0.5) is 5.69 Å². The molecule has 2 aromatic carbocycles. The van der Waals surface area contributed by atoms with Crippen LogP contribution in [0.2, 0.25) is 15.1 Å². The van der Waals surface area contributed by atoms with Crippen molar-refractivity contribution < 1.29 is 0 Å². The lowest BCUT2D eigenvalue weighted by atomic mass is 10.0. The Morgan fingerprint density at radius 2 is 1.62 bits per heavy atom. The highest BCUT2D eigenvalue weighted by Gasteiger charge is 2.29. The first-order valence-corrected chi connectivity index (χ1v) is 9.51. The summed E-state index contributed by atoms with van der Waals surface area (Å²) in [4.78, 5) is 4.72. The van der Waals surface area contributed by atoms with E-state index in [1.165, 1.54) is 5.56 Å². The molecule has 0 bridgehead atoms. The monoisotopic (exact) mass is 402 g/mol. The first kappa shape index (κ1) is 18.2. The van der Waals surface area contributed by atoms with Crippen LogP contribution in [0.25, 0.3) is 0 Å². The molecule has 1 saturated heterocycles. The van der Waals surface area contributed by atoms with Gasteiger partial charge in [-0.3, -0.25) is 4.90 Å². The second-order valence-electron chi connectivity index (χ2n) is 5.85. The highest BCUT2D eigenvalue weighted by atomic mass is 35.5. The molecule has 1 atom stereocenters. The summed E-state index contributed by atoms with van der Waals surface area (Å²) in [5.41, 5.74) is 2.22. The molecule has 2 aromatic rings. The molecule has 0 aromatic heterocycles. The lowest BCUT2D eigenvalue weighted by Crippen LogP contribution is -2.49. The third-order valence-electron chi connectivity index (χ3n) is 4.34. The summed E-state index contributed by atoms with van der Waals surface area (Å²) in [5, 5.41) is 2.06. The van der Waals surface area contributed by atoms with Crippen LogP contribution in [0.5, 0.6) is 0 Å². The van der Waals surface area contributed by atoms with Crippen LogP contribution in [0, 0.1) is 0 Å². The smallest absolute Gasteiger partial charge is 0.0670 e. The molecular formula is C18H18Cl4N2. The zero-order valence-corrected chi connectivity index (χ0v) is 16.1. The van der Waals surface area contributed by atoms with Crippen molar-refractivity contribution in [2.75, 3.05) is 37.0 Å². The first-order valence-electron chi connectivity index (χ1n) is 7.84. The standard InChI is InChI=1S/C18H18Cl4N2/c19-7-8-23-9-10-24(17-6-5-15(21)11-16(17)22)18(12-23)13-1-3-14(20)4-2-13/h1-6,11,18H,7-10,12H2/t18-/m0/s1. The molecule has 2 nitrogen and oxygen atoms in total. The largest absolute Gasteiger partial charge is 0.361 e. The van der Waals surface area contributed by atoms with E-state index in [0.29, 0.717) is 15.9 Å². The Hall–Kier alpha value is -0.640. The lowest BCUT2D eigenvalue weighted by molar-refractivity contribution is 0.235. The molecule has 0 saturated carbocycles. The summed E-state index contributed by atoms with van der Waals surface area (Å²) in [6, 6.07) is 13.9. The minimum absolute atomic E-state index is 0.193. The predicted octanol–water partition coefficient (Wildman–Crippen LogP) is 5.75. The quantitative estimate of drug-likeness (QED) is 0.599. The lowest BCUT2D eigenvalue weighted by Gasteiger charge is -2.43. The highest BCUT2D eigenvalue weighted by molar-refractivity contribution is 6.36. The number of alkyl halides is 1. The van der Waals surface area contributed by atoms with E-state index in [0.717, 1.165) is 36.9 Å². The number of halogens is 4. The van der Waals surface area contributed by atoms with Crippen LogP contribution >= 0.6 is 46.4 Å². The van der Waals surface area contributed by atoms with E-state index in [2.05, 4.69) is 21.9 Å². The van der Waals surface area contributed by atoms with Crippen molar-refractivity contribution in [3.05, 3.63) is 63.1 Å². The van der Waals surface area contributed by atoms with E-state index in [9.17, 15) is 0 Å². The molecule has 0 aliphatic carbocycles. The van der Waals surface area contributed by atoms with Gasteiger partial charge in [0.1, 0.15) is 0 Å². The number of nitrogens with zero attached hydrogens (tertiary/aromatic N) is 2. The summed E-state index contributed by atoms with van der Waals surface area (Å²) in [6.07, 6.45) is 0. The summed E-state index contributed by atoms with van der Waals surface area (Å²) < 4.78 is 0. The Morgan fingerprint density at radius 1 is 0.917 bits per heavy atom. The predicted molar refractivity (Wildman–Crippen MR) is 105 cm³/mol. The fourth-order valence-electron chi connectivity index (χ4n) is 3.13. The Kier molecular flexibility index (Phi) is 6.17. The Labute approximate surface area is 162 Å². The molecule has 0 amide bonds. The van der Waals surface area contributed by atoms with Gasteiger partial charge in [-0.2, -0.15) is 0 Å². The van der Waals surface area contributed by atoms with Gasteiger partial charge in [0.15, 0.2) is 0 Å².